The third-order valence-corrected chi connectivity index (χ3v) is 5.48. The number of hydrogen-bond acceptors (Lipinski definition) is 6. The molecule has 0 radical (unpaired) electrons. The lowest BCUT2D eigenvalue weighted by Gasteiger charge is -2.31. The molecule has 1 amide bonds. The molecule has 1 aliphatic heterocycles. The Morgan fingerprint density at radius 1 is 1.19 bits per heavy atom. The largest absolute Gasteiger partial charge is 0.449 e. The summed E-state index contributed by atoms with van der Waals surface area (Å²) in [5.41, 5.74) is 1.08. The fraction of sp³-hybridized carbons (Fsp3) is 0.391. The normalized spacial score (nSPS) is 15.2. The molecule has 3 rings (SSSR count). The lowest BCUT2D eigenvalue weighted by Crippen LogP contribution is -2.44. The van der Waals surface area contributed by atoms with Gasteiger partial charge >= 0.3 is 5.97 Å². The van der Waals surface area contributed by atoms with Crippen LogP contribution in [0.4, 0.5) is 11.4 Å². The molecule has 2 aromatic rings. The Hall–Kier alpha value is -3.42. The maximum absolute atomic E-state index is 12.6. The molecule has 0 saturated carbocycles. The van der Waals surface area contributed by atoms with Gasteiger partial charge in [-0.15, -0.1) is 0 Å². The number of benzene rings is 2. The third-order valence-electron chi connectivity index (χ3n) is 5.48. The van der Waals surface area contributed by atoms with Crippen molar-refractivity contribution in [1.82, 2.24) is 4.90 Å². The fourth-order valence-corrected chi connectivity index (χ4v) is 3.52. The van der Waals surface area contributed by atoms with E-state index in [0.717, 1.165) is 18.4 Å². The Morgan fingerprint density at radius 3 is 2.52 bits per heavy atom. The number of nitrogens with one attached hydrogen (secondary N) is 1. The topological polar surface area (TPSA) is 102 Å². The van der Waals surface area contributed by atoms with Gasteiger partial charge in [0.15, 0.2) is 6.10 Å². The number of nitrogens with zero attached hydrogens (tertiary/aromatic N) is 2. The minimum atomic E-state index is -0.948. The molecule has 31 heavy (non-hydrogen) atoms. The first-order valence-corrected chi connectivity index (χ1v) is 10.4. The Labute approximate surface area is 181 Å². The molecule has 1 heterocycles. The van der Waals surface area contributed by atoms with E-state index in [2.05, 4.69) is 12.2 Å². The highest BCUT2D eigenvalue weighted by atomic mass is 16.6. The average molecular weight is 425 g/mol. The number of esters is 1. The molecule has 1 fully saturated rings. The van der Waals surface area contributed by atoms with E-state index in [1.54, 1.807) is 4.90 Å². The van der Waals surface area contributed by atoms with Crippen molar-refractivity contribution in [2.45, 2.75) is 39.3 Å². The minimum absolute atomic E-state index is 0.0314. The molecule has 8 heteroatoms. The first-order valence-electron chi connectivity index (χ1n) is 10.4. The van der Waals surface area contributed by atoms with Crippen LogP contribution in [0, 0.1) is 16.0 Å². The van der Waals surface area contributed by atoms with E-state index in [4.69, 9.17) is 4.74 Å². The van der Waals surface area contributed by atoms with Gasteiger partial charge in [0.05, 0.1) is 10.5 Å². The van der Waals surface area contributed by atoms with Crippen LogP contribution in [0.25, 0.3) is 0 Å². The lowest BCUT2D eigenvalue weighted by molar-refractivity contribution is -0.384. The highest BCUT2D eigenvalue weighted by molar-refractivity contribution is 5.93. The average Bonchev–Trinajstić information content (AvgIpc) is 2.78. The molecule has 1 aliphatic rings. The van der Waals surface area contributed by atoms with Crippen LogP contribution in [0.3, 0.4) is 0 Å². The maximum Gasteiger partial charge on any atom is 0.339 e. The first kappa shape index (κ1) is 22.3. The number of nitro groups is 1. The number of amides is 1. The Balaban J connectivity index is 1.65. The van der Waals surface area contributed by atoms with E-state index in [1.807, 2.05) is 30.3 Å². The summed E-state index contributed by atoms with van der Waals surface area (Å²) < 4.78 is 5.31. The van der Waals surface area contributed by atoms with Crippen molar-refractivity contribution < 1.29 is 19.2 Å². The number of piperidine rings is 1. The van der Waals surface area contributed by atoms with Crippen LogP contribution in [-0.2, 0) is 16.1 Å². The standard InChI is InChI=1S/C23H27N3O5/c1-16-10-12-25(13-11-16)22(27)17(2)31-23(28)19-8-9-20(21(14-19)26(29)30)24-15-18-6-4-3-5-7-18/h3-9,14,16-17,24H,10-13,15H2,1-2H3/t17-/m1/s1. The number of carbonyl (C=O) groups is 2. The fourth-order valence-electron chi connectivity index (χ4n) is 3.52. The molecule has 0 bridgehead atoms. The van der Waals surface area contributed by atoms with Crippen molar-refractivity contribution in [2.75, 3.05) is 18.4 Å². The summed E-state index contributed by atoms with van der Waals surface area (Å²) in [4.78, 5) is 37.8. The second-order valence-electron chi connectivity index (χ2n) is 7.88. The lowest BCUT2D eigenvalue weighted by atomic mass is 9.99. The van der Waals surface area contributed by atoms with E-state index in [9.17, 15) is 19.7 Å². The molecule has 8 nitrogen and oxygen atoms in total. The summed E-state index contributed by atoms with van der Waals surface area (Å²) in [5, 5.41) is 14.6. The van der Waals surface area contributed by atoms with Gasteiger partial charge in [0.25, 0.3) is 11.6 Å². The molecular formula is C23H27N3O5. The van der Waals surface area contributed by atoms with Gasteiger partial charge in [0, 0.05) is 25.7 Å². The summed E-state index contributed by atoms with van der Waals surface area (Å²) in [5.74, 6) is -0.420. The monoisotopic (exact) mass is 425 g/mol. The summed E-state index contributed by atoms with van der Waals surface area (Å²) in [7, 11) is 0. The Morgan fingerprint density at radius 2 is 1.87 bits per heavy atom. The van der Waals surface area contributed by atoms with E-state index < -0.39 is 17.0 Å². The number of hydrogen-bond donors (Lipinski definition) is 1. The zero-order valence-electron chi connectivity index (χ0n) is 17.7. The van der Waals surface area contributed by atoms with E-state index >= 15 is 0 Å². The van der Waals surface area contributed by atoms with Gasteiger partial charge in [-0.3, -0.25) is 14.9 Å². The molecular weight excluding hydrogens is 398 g/mol. The van der Waals surface area contributed by atoms with Crippen LogP contribution >= 0.6 is 0 Å². The van der Waals surface area contributed by atoms with E-state index in [0.29, 0.717) is 31.2 Å². The van der Waals surface area contributed by atoms with Crippen molar-refractivity contribution in [3.05, 3.63) is 69.8 Å². The zero-order valence-corrected chi connectivity index (χ0v) is 17.7. The molecule has 1 N–H and O–H groups in total. The quantitative estimate of drug-likeness (QED) is 0.409. The van der Waals surface area contributed by atoms with Gasteiger partial charge < -0.3 is 15.0 Å². The van der Waals surface area contributed by atoms with Gasteiger partial charge in [-0.25, -0.2) is 4.79 Å². The van der Waals surface area contributed by atoms with Crippen molar-refractivity contribution in [2.24, 2.45) is 5.92 Å². The molecule has 164 valence electrons. The van der Waals surface area contributed by atoms with Gasteiger partial charge in [-0.2, -0.15) is 0 Å². The third kappa shape index (κ3) is 5.81. The molecule has 0 aliphatic carbocycles. The number of anilines is 1. The molecule has 0 spiro atoms. The van der Waals surface area contributed by atoms with Crippen molar-refractivity contribution in [3.63, 3.8) is 0 Å². The summed E-state index contributed by atoms with van der Waals surface area (Å²) >= 11 is 0. The Kier molecular flexibility index (Phi) is 7.23. The van der Waals surface area contributed by atoms with Crippen LogP contribution in [0.2, 0.25) is 0 Å². The summed E-state index contributed by atoms with van der Waals surface area (Å²) in [6.45, 7) is 5.38. The number of nitro benzene ring substituents is 1. The number of rotatable bonds is 7. The SMILES string of the molecule is CC1CCN(C(=O)[C@@H](C)OC(=O)c2ccc(NCc3ccccc3)c([N+](=O)[O-])c2)CC1. The highest BCUT2D eigenvalue weighted by Gasteiger charge is 2.28. The van der Waals surface area contributed by atoms with Crippen molar-refractivity contribution in [3.8, 4) is 0 Å². The van der Waals surface area contributed by atoms with Gasteiger partial charge in [-0.05, 0) is 43.4 Å². The minimum Gasteiger partial charge on any atom is -0.449 e. The van der Waals surface area contributed by atoms with Crippen LogP contribution in [0.15, 0.2) is 48.5 Å². The van der Waals surface area contributed by atoms with Gasteiger partial charge in [-0.1, -0.05) is 37.3 Å². The van der Waals surface area contributed by atoms with Gasteiger partial charge in [0.2, 0.25) is 0 Å². The Bertz CT molecular complexity index is 939. The second-order valence-corrected chi connectivity index (χ2v) is 7.88. The van der Waals surface area contributed by atoms with Crippen molar-refractivity contribution >= 4 is 23.3 Å². The molecule has 0 unspecified atom stereocenters. The van der Waals surface area contributed by atoms with Crippen LogP contribution < -0.4 is 5.32 Å². The molecule has 2 aromatic carbocycles. The second kappa shape index (κ2) is 10.1. The van der Waals surface area contributed by atoms with Crippen LogP contribution in [0.1, 0.15) is 42.6 Å². The number of carbonyl (C=O) groups excluding carboxylic acids is 2. The smallest absolute Gasteiger partial charge is 0.339 e. The summed E-state index contributed by atoms with van der Waals surface area (Å²) in [6, 6.07) is 13.6. The van der Waals surface area contributed by atoms with Crippen LogP contribution in [-0.4, -0.2) is 40.9 Å². The van der Waals surface area contributed by atoms with E-state index in [1.165, 1.54) is 25.1 Å². The predicted octanol–water partition coefficient (Wildman–Crippen LogP) is 4.01. The predicted molar refractivity (Wildman–Crippen MR) is 117 cm³/mol. The van der Waals surface area contributed by atoms with E-state index in [-0.39, 0.29) is 17.2 Å². The molecule has 1 saturated heterocycles. The maximum atomic E-state index is 12.6. The summed E-state index contributed by atoms with van der Waals surface area (Å²) in [6.07, 6.45) is 0.905. The zero-order chi connectivity index (χ0) is 22.4. The van der Waals surface area contributed by atoms with Gasteiger partial charge in [0.1, 0.15) is 5.69 Å². The number of ether oxygens (including phenoxy) is 1. The highest BCUT2D eigenvalue weighted by Crippen LogP contribution is 2.27. The van der Waals surface area contributed by atoms with Crippen LogP contribution in [0.5, 0.6) is 0 Å². The number of likely N-dealkylation sites (tertiary alicyclic amines) is 1. The van der Waals surface area contributed by atoms with Crippen molar-refractivity contribution in [1.29, 1.82) is 0 Å². The molecule has 1 atom stereocenters. The first-order chi connectivity index (χ1) is 14.8. The molecule has 0 aromatic heterocycles.